The van der Waals surface area contributed by atoms with Gasteiger partial charge in [-0.2, -0.15) is 0 Å². The molecule has 7 nitrogen and oxygen atoms in total. The zero-order valence-electron chi connectivity index (χ0n) is 11.4. The second kappa shape index (κ2) is 7.71. The summed E-state index contributed by atoms with van der Waals surface area (Å²) in [6.07, 6.45) is 0. The molecule has 1 rings (SSSR count). The number of carbonyl (C=O) groups excluding carboxylic acids is 1. The van der Waals surface area contributed by atoms with Gasteiger partial charge in [0.25, 0.3) is 0 Å². The van der Waals surface area contributed by atoms with E-state index < -0.39 is 17.0 Å². The van der Waals surface area contributed by atoms with Gasteiger partial charge in [0.1, 0.15) is 12.3 Å². The highest BCUT2D eigenvalue weighted by atomic mass is 32.2. The highest BCUT2D eigenvalue weighted by molar-refractivity contribution is 7.78. The van der Waals surface area contributed by atoms with Crippen molar-refractivity contribution in [1.82, 2.24) is 4.98 Å². The van der Waals surface area contributed by atoms with Gasteiger partial charge in [0, 0.05) is 5.75 Å². The molecule has 20 heavy (non-hydrogen) atoms. The van der Waals surface area contributed by atoms with E-state index in [1.165, 1.54) is 13.2 Å². The van der Waals surface area contributed by atoms with E-state index >= 15 is 0 Å². The van der Waals surface area contributed by atoms with Crippen LogP contribution in [0.1, 0.15) is 35.6 Å². The first-order valence-corrected chi connectivity index (χ1v) is 7.05. The van der Waals surface area contributed by atoms with Crippen molar-refractivity contribution in [3.8, 4) is 0 Å². The average molecular weight is 299 g/mol. The lowest BCUT2D eigenvalue weighted by atomic mass is 10.1. The molecule has 0 N–H and O–H groups in total. The van der Waals surface area contributed by atoms with Gasteiger partial charge in [-0.25, -0.2) is 9.78 Å². The Morgan fingerprint density at radius 3 is 2.75 bits per heavy atom. The number of carbonyl (C=O) groups is 1. The summed E-state index contributed by atoms with van der Waals surface area (Å²) < 4.78 is 26.1. The Morgan fingerprint density at radius 2 is 2.20 bits per heavy atom. The molecule has 0 aliphatic heterocycles. The van der Waals surface area contributed by atoms with Crippen LogP contribution in [0.5, 0.6) is 0 Å². The molecular weight excluding hydrogens is 284 g/mol. The minimum absolute atomic E-state index is 0.0414. The Hall–Kier alpha value is -1.80. The Labute approximate surface area is 119 Å². The summed E-state index contributed by atoms with van der Waals surface area (Å²) >= 11 is -2.32. The van der Waals surface area contributed by atoms with Gasteiger partial charge in [-0.3, -0.25) is 4.21 Å². The first-order valence-electron chi connectivity index (χ1n) is 5.80. The van der Waals surface area contributed by atoms with E-state index in [-0.39, 0.29) is 17.0 Å². The van der Waals surface area contributed by atoms with Crippen LogP contribution in [0.25, 0.3) is 0 Å². The Balaban J connectivity index is 3.20. The largest absolute Gasteiger partial charge is 0.772 e. The molecule has 110 valence electrons. The van der Waals surface area contributed by atoms with Crippen LogP contribution in [0.2, 0.25) is 0 Å². The molecule has 1 heterocycles. The molecule has 8 heteroatoms. The van der Waals surface area contributed by atoms with E-state index in [1.807, 2.05) is 0 Å². The molecular formula is C12H15N2O5S-. The average Bonchev–Trinajstić information content (AvgIpc) is 2.43. The first-order chi connectivity index (χ1) is 9.49. The minimum atomic E-state index is -2.32. The zero-order valence-corrected chi connectivity index (χ0v) is 12.2. The van der Waals surface area contributed by atoms with Crippen LogP contribution in [0.15, 0.2) is 17.3 Å². The smallest absolute Gasteiger partial charge is 0.356 e. The fourth-order valence-corrected chi connectivity index (χ4v) is 1.90. The van der Waals surface area contributed by atoms with Gasteiger partial charge in [-0.05, 0) is 25.5 Å². The van der Waals surface area contributed by atoms with Crippen molar-refractivity contribution < 1.29 is 23.1 Å². The summed E-state index contributed by atoms with van der Waals surface area (Å²) in [6, 6.07) is 3.09. The van der Waals surface area contributed by atoms with Gasteiger partial charge in [0.2, 0.25) is 0 Å². The minimum Gasteiger partial charge on any atom is -0.772 e. The third-order valence-corrected chi connectivity index (χ3v) is 2.88. The lowest BCUT2D eigenvalue weighted by Crippen LogP contribution is -2.13. The summed E-state index contributed by atoms with van der Waals surface area (Å²) in [6.45, 7) is 3.87. The van der Waals surface area contributed by atoms with Crippen LogP contribution in [0.4, 0.5) is 0 Å². The number of ether oxygens (including phenoxy) is 1. The summed E-state index contributed by atoms with van der Waals surface area (Å²) in [5, 5.41) is 3.81. The SMILES string of the molecule is CCO/N=C(\C)c1ccc(CS(=O)[O-])c(C(=O)OC)n1. The summed E-state index contributed by atoms with van der Waals surface area (Å²) in [5.41, 5.74) is 1.13. The van der Waals surface area contributed by atoms with E-state index in [2.05, 4.69) is 14.9 Å². The van der Waals surface area contributed by atoms with Gasteiger partial charge < -0.3 is 14.1 Å². The van der Waals surface area contributed by atoms with E-state index in [4.69, 9.17) is 4.84 Å². The number of nitrogens with zero attached hydrogens (tertiary/aromatic N) is 2. The maximum atomic E-state index is 11.6. The first kappa shape index (κ1) is 16.3. The van der Waals surface area contributed by atoms with Crippen molar-refractivity contribution in [3.05, 3.63) is 29.1 Å². The summed E-state index contributed by atoms with van der Waals surface area (Å²) in [7, 11) is 1.20. The predicted molar refractivity (Wildman–Crippen MR) is 72.0 cm³/mol. The van der Waals surface area contributed by atoms with E-state index in [1.54, 1.807) is 19.9 Å². The van der Waals surface area contributed by atoms with Crippen molar-refractivity contribution in [1.29, 1.82) is 0 Å². The van der Waals surface area contributed by atoms with Gasteiger partial charge in [-0.15, -0.1) is 0 Å². The molecule has 0 radical (unpaired) electrons. The number of methoxy groups -OCH3 is 1. The van der Waals surface area contributed by atoms with Crippen LogP contribution >= 0.6 is 0 Å². The Kier molecular flexibility index (Phi) is 6.26. The van der Waals surface area contributed by atoms with Crippen LogP contribution < -0.4 is 0 Å². The molecule has 0 spiro atoms. The summed E-state index contributed by atoms with van der Waals surface area (Å²) in [4.78, 5) is 20.6. The molecule has 0 saturated heterocycles. The van der Waals surface area contributed by atoms with Crippen molar-refractivity contribution in [3.63, 3.8) is 0 Å². The molecule has 0 aliphatic carbocycles. The molecule has 0 bridgehead atoms. The van der Waals surface area contributed by atoms with Crippen molar-refractivity contribution >= 4 is 22.8 Å². The van der Waals surface area contributed by atoms with Crippen LogP contribution in [0, 0.1) is 0 Å². The topological polar surface area (TPSA) is 101 Å². The number of oxime groups is 1. The van der Waals surface area contributed by atoms with Crippen molar-refractivity contribution in [2.45, 2.75) is 19.6 Å². The fraction of sp³-hybridized carbons (Fsp3) is 0.417. The lowest BCUT2D eigenvalue weighted by Gasteiger charge is -2.10. The molecule has 0 fully saturated rings. The van der Waals surface area contributed by atoms with Crippen LogP contribution in [0.3, 0.4) is 0 Å². The number of aromatic nitrogens is 1. The lowest BCUT2D eigenvalue weighted by molar-refractivity contribution is 0.0593. The van der Waals surface area contributed by atoms with Crippen LogP contribution in [-0.4, -0.2) is 39.1 Å². The molecule has 1 aromatic heterocycles. The Morgan fingerprint density at radius 1 is 1.50 bits per heavy atom. The number of esters is 1. The molecule has 0 aromatic carbocycles. The number of hydrogen-bond acceptors (Lipinski definition) is 7. The van der Waals surface area contributed by atoms with Gasteiger partial charge in [0.05, 0.1) is 12.8 Å². The molecule has 0 saturated carbocycles. The standard InChI is InChI=1S/C12H16N2O5S/c1-4-19-14-8(2)10-6-5-9(7-20(16)17)11(13-10)12(15)18-3/h5-6H,4,7H2,1-3H3,(H,16,17)/p-1/b14-8+. The van der Waals surface area contributed by atoms with Crippen LogP contribution in [-0.2, 0) is 26.4 Å². The van der Waals surface area contributed by atoms with E-state index in [0.717, 1.165) is 0 Å². The Bertz CT molecular complexity index is 545. The molecule has 1 aromatic rings. The number of hydrogen-bond donors (Lipinski definition) is 0. The van der Waals surface area contributed by atoms with E-state index in [9.17, 15) is 13.6 Å². The zero-order chi connectivity index (χ0) is 15.1. The second-order valence-corrected chi connectivity index (χ2v) is 4.63. The number of pyridine rings is 1. The molecule has 1 atom stereocenters. The fourth-order valence-electron chi connectivity index (χ4n) is 1.41. The maximum Gasteiger partial charge on any atom is 0.356 e. The second-order valence-electron chi connectivity index (χ2n) is 3.74. The third kappa shape index (κ3) is 4.39. The molecule has 0 amide bonds. The van der Waals surface area contributed by atoms with Gasteiger partial charge in [-0.1, -0.05) is 22.3 Å². The highest BCUT2D eigenvalue weighted by Crippen LogP contribution is 2.12. The normalized spacial score (nSPS) is 12.9. The highest BCUT2D eigenvalue weighted by Gasteiger charge is 2.16. The van der Waals surface area contributed by atoms with Crippen molar-refractivity contribution in [2.75, 3.05) is 13.7 Å². The summed E-state index contributed by atoms with van der Waals surface area (Å²) in [5.74, 6) is -1.00. The monoisotopic (exact) mass is 299 g/mol. The van der Waals surface area contributed by atoms with Gasteiger partial charge in [0.15, 0.2) is 5.69 Å². The van der Waals surface area contributed by atoms with Gasteiger partial charge >= 0.3 is 5.97 Å². The maximum absolute atomic E-state index is 11.6. The third-order valence-electron chi connectivity index (χ3n) is 2.33. The molecule has 1 unspecified atom stereocenters. The number of rotatable bonds is 6. The van der Waals surface area contributed by atoms with Crippen molar-refractivity contribution in [2.24, 2.45) is 5.16 Å². The molecule has 0 aliphatic rings. The predicted octanol–water partition coefficient (Wildman–Crippen LogP) is 1.01. The quantitative estimate of drug-likeness (QED) is 0.336. The van der Waals surface area contributed by atoms with E-state index in [0.29, 0.717) is 18.0 Å².